The van der Waals surface area contributed by atoms with E-state index in [-0.39, 0.29) is 0 Å². The molecule has 138 valence electrons. The molecule has 1 saturated heterocycles. The molecule has 0 radical (unpaired) electrons. The van der Waals surface area contributed by atoms with Gasteiger partial charge in [0.15, 0.2) is 0 Å². The van der Waals surface area contributed by atoms with Crippen LogP contribution in [0.15, 0.2) is 24.3 Å². The summed E-state index contributed by atoms with van der Waals surface area (Å²) in [6, 6.07) is 5.69. The standard InChI is InChI=1S/C16H19F3N2O4/c1-9(10-3-5-11(25-2)6-4-10)20-15(24)21-7-12(14(22)23)13(8-21)16(17,18)19/h3-6,9,12-13H,7-8H2,1-2H3,(H,20,24)(H,22,23)/t9?,12-,13-/m1/s1. The molecule has 1 aromatic carbocycles. The number of carbonyl (C=O) groups excluding carboxylic acids is 1. The number of amides is 2. The number of halogens is 3. The Labute approximate surface area is 142 Å². The third-order valence-corrected chi connectivity index (χ3v) is 4.30. The van der Waals surface area contributed by atoms with Crippen molar-refractivity contribution in [2.75, 3.05) is 20.2 Å². The van der Waals surface area contributed by atoms with E-state index in [1.54, 1.807) is 31.2 Å². The highest BCUT2D eigenvalue weighted by molar-refractivity contribution is 5.78. The highest BCUT2D eigenvalue weighted by atomic mass is 19.4. The van der Waals surface area contributed by atoms with Gasteiger partial charge >= 0.3 is 18.2 Å². The predicted octanol–water partition coefficient (Wildman–Crippen LogP) is 2.66. The molecule has 2 amide bonds. The SMILES string of the molecule is COc1ccc(C(C)NC(=O)N2C[C@@H](C(F)(F)F)[C@H](C(=O)O)C2)cc1. The molecule has 2 N–H and O–H groups in total. The van der Waals surface area contributed by atoms with Crippen molar-refractivity contribution in [2.24, 2.45) is 11.8 Å². The number of benzene rings is 1. The minimum absolute atomic E-state index is 0.452. The summed E-state index contributed by atoms with van der Waals surface area (Å²) in [7, 11) is 1.52. The first-order valence-corrected chi connectivity index (χ1v) is 7.62. The summed E-state index contributed by atoms with van der Waals surface area (Å²) in [5.41, 5.74) is 0.746. The fraction of sp³-hybridized carbons (Fsp3) is 0.500. The van der Waals surface area contributed by atoms with Crippen LogP contribution in [0, 0.1) is 11.8 Å². The van der Waals surface area contributed by atoms with Crippen LogP contribution in [0.5, 0.6) is 5.75 Å². The van der Waals surface area contributed by atoms with Crippen LogP contribution in [0.4, 0.5) is 18.0 Å². The van der Waals surface area contributed by atoms with Gasteiger partial charge in [0.2, 0.25) is 0 Å². The second-order valence-corrected chi connectivity index (χ2v) is 5.94. The van der Waals surface area contributed by atoms with Gasteiger partial charge in [-0.3, -0.25) is 4.79 Å². The van der Waals surface area contributed by atoms with Crippen LogP contribution in [-0.4, -0.2) is 48.4 Å². The third kappa shape index (κ3) is 4.34. The van der Waals surface area contributed by atoms with Gasteiger partial charge < -0.3 is 20.1 Å². The summed E-state index contributed by atoms with van der Waals surface area (Å²) in [6.45, 7) is 0.550. The van der Waals surface area contributed by atoms with Gasteiger partial charge in [0.25, 0.3) is 0 Å². The number of aliphatic carboxylic acids is 1. The van der Waals surface area contributed by atoms with Crippen molar-refractivity contribution in [3.8, 4) is 5.75 Å². The first-order chi connectivity index (χ1) is 11.6. The molecule has 9 heteroatoms. The number of carboxylic acids is 1. The monoisotopic (exact) mass is 360 g/mol. The maximum atomic E-state index is 13.0. The molecular formula is C16H19F3N2O4. The lowest BCUT2D eigenvalue weighted by Crippen LogP contribution is -2.40. The Kier molecular flexibility index (Phi) is 5.44. The average Bonchev–Trinajstić information content (AvgIpc) is 3.01. The first kappa shape index (κ1) is 18.9. The number of hydrogen-bond donors (Lipinski definition) is 2. The molecule has 1 fully saturated rings. The summed E-state index contributed by atoms with van der Waals surface area (Å²) >= 11 is 0. The highest BCUT2D eigenvalue weighted by Gasteiger charge is 2.53. The Morgan fingerprint density at radius 3 is 2.32 bits per heavy atom. The molecule has 2 rings (SSSR count). The summed E-state index contributed by atoms with van der Waals surface area (Å²) < 4.78 is 44.0. The molecule has 6 nitrogen and oxygen atoms in total. The van der Waals surface area contributed by atoms with Gasteiger partial charge in [0.1, 0.15) is 5.75 Å². The maximum absolute atomic E-state index is 13.0. The molecule has 0 spiro atoms. The first-order valence-electron chi connectivity index (χ1n) is 7.62. The van der Waals surface area contributed by atoms with E-state index in [1.165, 1.54) is 7.11 Å². The van der Waals surface area contributed by atoms with Crippen molar-refractivity contribution in [3.05, 3.63) is 29.8 Å². The van der Waals surface area contributed by atoms with E-state index in [9.17, 15) is 22.8 Å². The molecule has 3 atom stereocenters. The molecule has 1 aliphatic rings. The number of methoxy groups -OCH3 is 1. The molecule has 0 aliphatic carbocycles. The van der Waals surface area contributed by atoms with E-state index >= 15 is 0 Å². The highest BCUT2D eigenvalue weighted by Crippen LogP contribution is 2.37. The molecular weight excluding hydrogens is 341 g/mol. The second-order valence-electron chi connectivity index (χ2n) is 5.94. The summed E-state index contributed by atoms with van der Waals surface area (Å²) in [6.07, 6.45) is -4.67. The molecule has 25 heavy (non-hydrogen) atoms. The van der Waals surface area contributed by atoms with E-state index in [1.807, 2.05) is 0 Å². The van der Waals surface area contributed by atoms with E-state index < -0.39 is 49.1 Å². The smallest absolute Gasteiger partial charge is 0.394 e. The number of rotatable bonds is 4. The van der Waals surface area contributed by atoms with Crippen LogP contribution in [0.25, 0.3) is 0 Å². The van der Waals surface area contributed by atoms with E-state index in [4.69, 9.17) is 9.84 Å². The Balaban J connectivity index is 2.03. The van der Waals surface area contributed by atoms with Crippen LogP contribution in [0.2, 0.25) is 0 Å². The molecule has 0 saturated carbocycles. The van der Waals surface area contributed by atoms with Gasteiger partial charge in [0, 0.05) is 13.1 Å². The molecule has 1 aliphatic heterocycles. The normalized spacial score (nSPS) is 21.7. The Bertz CT molecular complexity index is 633. The largest absolute Gasteiger partial charge is 0.497 e. The number of carboxylic acid groups (broad SMARTS) is 1. The molecule has 0 bridgehead atoms. The zero-order chi connectivity index (χ0) is 18.8. The number of likely N-dealkylation sites (tertiary alicyclic amines) is 1. The number of nitrogens with zero attached hydrogens (tertiary/aromatic N) is 1. The molecule has 0 aromatic heterocycles. The fourth-order valence-electron chi connectivity index (χ4n) is 2.80. The van der Waals surface area contributed by atoms with Crippen LogP contribution in [-0.2, 0) is 4.79 Å². The maximum Gasteiger partial charge on any atom is 0.394 e. The van der Waals surface area contributed by atoms with Crippen molar-refractivity contribution in [3.63, 3.8) is 0 Å². The van der Waals surface area contributed by atoms with Gasteiger partial charge in [-0.1, -0.05) is 12.1 Å². The number of ether oxygens (including phenoxy) is 1. The summed E-state index contributed by atoms with van der Waals surface area (Å²) in [5.74, 6) is -4.63. The van der Waals surface area contributed by atoms with E-state index in [0.717, 1.165) is 10.5 Å². The molecule has 1 heterocycles. The van der Waals surface area contributed by atoms with Crippen LogP contribution in [0.1, 0.15) is 18.5 Å². The fourth-order valence-corrected chi connectivity index (χ4v) is 2.80. The Morgan fingerprint density at radius 1 is 1.28 bits per heavy atom. The second kappa shape index (κ2) is 7.20. The van der Waals surface area contributed by atoms with Gasteiger partial charge in [-0.05, 0) is 24.6 Å². The third-order valence-electron chi connectivity index (χ3n) is 4.30. The van der Waals surface area contributed by atoms with Crippen molar-refractivity contribution in [1.29, 1.82) is 0 Å². The van der Waals surface area contributed by atoms with Crippen LogP contribution < -0.4 is 10.1 Å². The van der Waals surface area contributed by atoms with Gasteiger partial charge in [-0.15, -0.1) is 0 Å². The van der Waals surface area contributed by atoms with E-state index in [2.05, 4.69) is 5.32 Å². The molecule has 1 aromatic rings. The zero-order valence-corrected chi connectivity index (χ0v) is 13.7. The van der Waals surface area contributed by atoms with Gasteiger partial charge in [0.05, 0.1) is 25.0 Å². The minimum atomic E-state index is -4.67. The quantitative estimate of drug-likeness (QED) is 0.865. The van der Waals surface area contributed by atoms with Gasteiger partial charge in [-0.25, -0.2) is 4.79 Å². The van der Waals surface area contributed by atoms with Crippen LogP contribution >= 0.6 is 0 Å². The molecule has 1 unspecified atom stereocenters. The Morgan fingerprint density at radius 2 is 1.88 bits per heavy atom. The lowest BCUT2D eigenvalue weighted by Gasteiger charge is -2.21. The summed E-state index contributed by atoms with van der Waals surface area (Å²) in [5, 5.41) is 11.6. The lowest BCUT2D eigenvalue weighted by molar-refractivity contribution is -0.187. The number of hydrogen-bond acceptors (Lipinski definition) is 3. The number of urea groups is 1. The van der Waals surface area contributed by atoms with Crippen molar-refractivity contribution in [2.45, 2.75) is 19.1 Å². The number of carbonyl (C=O) groups is 2. The van der Waals surface area contributed by atoms with E-state index in [0.29, 0.717) is 5.75 Å². The van der Waals surface area contributed by atoms with Crippen molar-refractivity contribution >= 4 is 12.0 Å². The predicted molar refractivity (Wildman–Crippen MR) is 82.2 cm³/mol. The topological polar surface area (TPSA) is 78.9 Å². The van der Waals surface area contributed by atoms with Gasteiger partial charge in [-0.2, -0.15) is 13.2 Å². The Hall–Kier alpha value is -2.45. The zero-order valence-electron chi connectivity index (χ0n) is 13.7. The van der Waals surface area contributed by atoms with Crippen LogP contribution in [0.3, 0.4) is 0 Å². The number of nitrogens with one attached hydrogen (secondary N) is 1. The van der Waals surface area contributed by atoms with Crippen molar-refractivity contribution < 1.29 is 32.6 Å². The lowest BCUT2D eigenvalue weighted by atomic mass is 9.96. The number of alkyl halides is 3. The minimum Gasteiger partial charge on any atom is -0.497 e. The average molecular weight is 360 g/mol. The summed E-state index contributed by atoms with van der Waals surface area (Å²) in [4.78, 5) is 24.2. The van der Waals surface area contributed by atoms with Crippen molar-refractivity contribution in [1.82, 2.24) is 10.2 Å².